The van der Waals surface area contributed by atoms with E-state index in [9.17, 15) is 4.79 Å². The Morgan fingerprint density at radius 1 is 1.69 bits per heavy atom. The van der Waals surface area contributed by atoms with Crippen LogP contribution in [0.5, 0.6) is 0 Å². The Labute approximate surface area is 79.0 Å². The van der Waals surface area contributed by atoms with E-state index in [0.717, 1.165) is 11.5 Å². The van der Waals surface area contributed by atoms with E-state index in [-0.39, 0.29) is 5.91 Å². The van der Waals surface area contributed by atoms with Crippen LogP contribution in [0.4, 0.5) is 0 Å². The zero-order valence-corrected chi connectivity index (χ0v) is 7.84. The van der Waals surface area contributed by atoms with Crippen molar-refractivity contribution in [3.8, 4) is 0 Å². The van der Waals surface area contributed by atoms with Crippen molar-refractivity contribution in [1.29, 1.82) is 0 Å². The first-order chi connectivity index (χ1) is 6.34. The standard InChI is InChI=1S/C6H9N3O3S/c1-11-2-3-12-8-6(10)5-4-7-9-13-5/h4H,2-3H2,1H3,(H,8,10). The molecular formula is C6H9N3O3S. The minimum absolute atomic E-state index is 0.314. The molecule has 0 aliphatic carbocycles. The fourth-order valence-corrected chi connectivity index (χ4v) is 0.960. The first-order valence-electron chi connectivity index (χ1n) is 3.53. The van der Waals surface area contributed by atoms with Crippen molar-refractivity contribution in [2.24, 2.45) is 0 Å². The van der Waals surface area contributed by atoms with E-state index in [1.54, 1.807) is 7.11 Å². The number of nitrogens with one attached hydrogen (secondary N) is 1. The fraction of sp³-hybridized carbons (Fsp3) is 0.500. The van der Waals surface area contributed by atoms with Gasteiger partial charge in [0.25, 0.3) is 5.91 Å². The van der Waals surface area contributed by atoms with Gasteiger partial charge in [0.1, 0.15) is 4.88 Å². The summed E-state index contributed by atoms with van der Waals surface area (Å²) in [5, 5.41) is 3.52. The van der Waals surface area contributed by atoms with E-state index in [2.05, 4.69) is 15.1 Å². The third-order valence-electron chi connectivity index (χ3n) is 1.14. The molecule has 0 radical (unpaired) electrons. The van der Waals surface area contributed by atoms with Crippen LogP contribution in [-0.4, -0.2) is 35.8 Å². The molecule has 0 unspecified atom stereocenters. The Morgan fingerprint density at radius 2 is 2.54 bits per heavy atom. The van der Waals surface area contributed by atoms with E-state index in [1.165, 1.54) is 6.20 Å². The van der Waals surface area contributed by atoms with Crippen molar-refractivity contribution < 1.29 is 14.4 Å². The molecule has 0 fully saturated rings. The molecule has 0 spiro atoms. The predicted molar refractivity (Wildman–Crippen MR) is 45.2 cm³/mol. The molecule has 13 heavy (non-hydrogen) atoms. The Hall–Kier alpha value is -1.05. The van der Waals surface area contributed by atoms with Crippen molar-refractivity contribution in [1.82, 2.24) is 15.1 Å². The molecule has 6 nitrogen and oxygen atoms in total. The van der Waals surface area contributed by atoms with Crippen LogP contribution in [0.1, 0.15) is 9.67 Å². The molecular weight excluding hydrogens is 194 g/mol. The zero-order valence-electron chi connectivity index (χ0n) is 7.02. The highest BCUT2D eigenvalue weighted by Crippen LogP contribution is 2.00. The van der Waals surface area contributed by atoms with Gasteiger partial charge in [0.15, 0.2) is 0 Å². The molecule has 0 saturated heterocycles. The minimum Gasteiger partial charge on any atom is -0.382 e. The van der Waals surface area contributed by atoms with Crippen LogP contribution >= 0.6 is 11.5 Å². The number of nitrogens with zero attached hydrogens (tertiary/aromatic N) is 2. The number of methoxy groups -OCH3 is 1. The second-order valence-corrected chi connectivity index (χ2v) is 2.84. The van der Waals surface area contributed by atoms with Crippen LogP contribution < -0.4 is 5.48 Å². The normalized spacial score (nSPS) is 9.92. The lowest BCUT2D eigenvalue weighted by atomic mass is 10.5. The molecule has 0 atom stereocenters. The van der Waals surface area contributed by atoms with Crippen molar-refractivity contribution in [3.63, 3.8) is 0 Å². The monoisotopic (exact) mass is 203 g/mol. The largest absolute Gasteiger partial charge is 0.382 e. The Bertz CT molecular complexity index is 252. The quantitative estimate of drug-likeness (QED) is 0.532. The van der Waals surface area contributed by atoms with Gasteiger partial charge in [-0.05, 0) is 11.5 Å². The maximum absolute atomic E-state index is 11.1. The molecule has 1 N–H and O–H groups in total. The van der Waals surface area contributed by atoms with E-state index in [1.807, 2.05) is 0 Å². The van der Waals surface area contributed by atoms with Crippen LogP contribution in [0.25, 0.3) is 0 Å². The predicted octanol–water partition coefficient (Wildman–Crippen LogP) is -0.154. The molecule has 1 amide bonds. The number of rotatable bonds is 5. The molecule has 0 bridgehead atoms. The van der Waals surface area contributed by atoms with E-state index < -0.39 is 0 Å². The lowest BCUT2D eigenvalue weighted by molar-refractivity contribution is 0.00913. The summed E-state index contributed by atoms with van der Waals surface area (Å²) in [7, 11) is 1.55. The van der Waals surface area contributed by atoms with E-state index in [0.29, 0.717) is 18.1 Å². The number of carbonyl (C=O) groups excluding carboxylic acids is 1. The topological polar surface area (TPSA) is 73.3 Å². The maximum atomic E-state index is 11.1. The first-order valence-corrected chi connectivity index (χ1v) is 4.30. The lowest BCUT2D eigenvalue weighted by Crippen LogP contribution is -2.24. The lowest BCUT2D eigenvalue weighted by Gasteiger charge is -2.02. The van der Waals surface area contributed by atoms with Gasteiger partial charge in [-0.1, -0.05) is 4.49 Å². The third kappa shape index (κ3) is 3.45. The van der Waals surface area contributed by atoms with E-state index in [4.69, 9.17) is 9.57 Å². The number of hydrogen-bond donors (Lipinski definition) is 1. The highest BCUT2D eigenvalue weighted by molar-refractivity contribution is 7.07. The van der Waals surface area contributed by atoms with Gasteiger partial charge in [0, 0.05) is 7.11 Å². The minimum atomic E-state index is -0.342. The van der Waals surface area contributed by atoms with Gasteiger partial charge in [0.2, 0.25) is 0 Å². The SMILES string of the molecule is COCCONC(=O)c1cnns1. The highest BCUT2D eigenvalue weighted by Gasteiger charge is 2.07. The Balaban J connectivity index is 2.19. The number of hydroxylamine groups is 1. The fourth-order valence-electron chi connectivity index (χ4n) is 0.559. The number of aromatic nitrogens is 2. The Morgan fingerprint density at radius 3 is 3.15 bits per heavy atom. The summed E-state index contributed by atoms with van der Waals surface area (Å²) in [4.78, 5) is 16.3. The number of ether oxygens (including phenoxy) is 1. The molecule has 7 heteroatoms. The molecule has 0 aliphatic rings. The summed E-state index contributed by atoms with van der Waals surface area (Å²) in [6.07, 6.45) is 1.37. The van der Waals surface area contributed by atoms with Crippen LogP contribution in [0.3, 0.4) is 0 Å². The van der Waals surface area contributed by atoms with Gasteiger partial charge < -0.3 is 4.74 Å². The van der Waals surface area contributed by atoms with Crippen molar-refractivity contribution in [2.45, 2.75) is 0 Å². The smallest absolute Gasteiger partial charge is 0.288 e. The molecule has 1 aromatic heterocycles. The van der Waals surface area contributed by atoms with E-state index >= 15 is 0 Å². The Kier molecular flexibility index (Phi) is 4.30. The summed E-state index contributed by atoms with van der Waals surface area (Å²) >= 11 is 1.01. The van der Waals surface area contributed by atoms with Crippen LogP contribution in [-0.2, 0) is 9.57 Å². The number of amides is 1. The van der Waals surface area contributed by atoms with Crippen LogP contribution in [0.15, 0.2) is 6.20 Å². The zero-order chi connectivity index (χ0) is 9.52. The van der Waals surface area contributed by atoms with Gasteiger partial charge in [-0.15, -0.1) is 5.10 Å². The first kappa shape index (κ1) is 10.0. The van der Waals surface area contributed by atoms with Gasteiger partial charge in [-0.25, -0.2) is 5.48 Å². The second-order valence-electron chi connectivity index (χ2n) is 2.05. The summed E-state index contributed by atoms with van der Waals surface area (Å²) in [5.74, 6) is -0.342. The number of carbonyl (C=O) groups is 1. The molecule has 0 saturated carbocycles. The summed E-state index contributed by atoms with van der Waals surface area (Å²) in [6, 6.07) is 0. The van der Waals surface area contributed by atoms with Crippen molar-refractivity contribution >= 4 is 17.4 Å². The molecule has 72 valence electrons. The number of hydrogen-bond acceptors (Lipinski definition) is 6. The third-order valence-corrected chi connectivity index (χ3v) is 1.80. The summed E-state index contributed by atoms with van der Waals surface area (Å²) in [5.41, 5.74) is 2.23. The average Bonchev–Trinajstić information content (AvgIpc) is 2.65. The average molecular weight is 203 g/mol. The van der Waals surface area contributed by atoms with Gasteiger partial charge in [-0.3, -0.25) is 9.63 Å². The van der Waals surface area contributed by atoms with Gasteiger partial charge in [0.05, 0.1) is 19.4 Å². The highest BCUT2D eigenvalue weighted by atomic mass is 32.1. The van der Waals surface area contributed by atoms with Crippen LogP contribution in [0, 0.1) is 0 Å². The molecule has 1 heterocycles. The van der Waals surface area contributed by atoms with Crippen molar-refractivity contribution in [2.75, 3.05) is 20.3 Å². The molecule has 0 aliphatic heterocycles. The maximum Gasteiger partial charge on any atom is 0.288 e. The summed E-state index contributed by atoms with van der Waals surface area (Å²) in [6.45, 7) is 0.746. The van der Waals surface area contributed by atoms with Crippen LogP contribution in [0.2, 0.25) is 0 Å². The molecule has 1 rings (SSSR count). The van der Waals surface area contributed by atoms with Gasteiger partial charge in [-0.2, -0.15) is 0 Å². The molecule has 0 aromatic carbocycles. The van der Waals surface area contributed by atoms with Gasteiger partial charge >= 0.3 is 0 Å². The molecule has 1 aromatic rings. The van der Waals surface area contributed by atoms with Crippen molar-refractivity contribution in [3.05, 3.63) is 11.1 Å². The second kappa shape index (κ2) is 5.57. The summed E-state index contributed by atoms with van der Waals surface area (Å²) < 4.78 is 8.25.